The summed E-state index contributed by atoms with van der Waals surface area (Å²) in [7, 11) is 0. The molecular weight excluding hydrogens is 413 g/mol. The first-order valence-electron chi connectivity index (χ1n) is 9.17. The van der Waals surface area contributed by atoms with Gasteiger partial charge in [0.2, 0.25) is 5.91 Å². The number of nitrogens with one attached hydrogen (secondary N) is 1. The number of carbonyl (C=O) groups excluding carboxylic acids is 3. The summed E-state index contributed by atoms with van der Waals surface area (Å²) in [6, 6.07) is 8.64. The van der Waals surface area contributed by atoms with E-state index in [1.54, 1.807) is 30.3 Å². The van der Waals surface area contributed by atoms with Crippen LogP contribution >= 0.6 is 11.6 Å². The maximum atomic E-state index is 13.0. The van der Waals surface area contributed by atoms with Gasteiger partial charge in [0, 0.05) is 11.6 Å². The molecule has 1 N–H and O–H groups in total. The Morgan fingerprint density at radius 3 is 2.60 bits per heavy atom. The van der Waals surface area contributed by atoms with E-state index in [4.69, 9.17) is 11.6 Å². The Morgan fingerprint density at radius 2 is 1.90 bits per heavy atom. The first kappa shape index (κ1) is 20.0. The number of imide groups is 1. The average molecular weight is 430 g/mol. The van der Waals surface area contributed by atoms with Crippen LogP contribution in [0.5, 0.6) is 0 Å². The van der Waals surface area contributed by atoms with Crippen molar-refractivity contribution in [1.29, 1.82) is 0 Å². The lowest BCUT2D eigenvalue weighted by molar-refractivity contribution is -0.125. The molecule has 0 aliphatic carbocycles. The molecule has 1 saturated heterocycles. The van der Waals surface area contributed by atoms with Crippen molar-refractivity contribution in [2.24, 2.45) is 10.3 Å². The molecule has 2 aromatic rings. The zero-order chi connectivity index (χ0) is 21.4. The standard InChI is InChI=1S/C20H17ClFN5O3/c1-11-2-7-14(8-15(11)21)27-19(29)17-18(20(27)30)26(25-24-17)10-16(28)23-9-12-3-5-13(22)6-4-12/h2-8,17-18H,9-10H2,1H3,(H,23,28). The summed E-state index contributed by atoms with van der Waals surface area (Å²) in [6.45, 7) is 1.77. The fraction of sp³-hybridized carbons (Fsp3) is 0.250. The van der Waals surface area contributed by atoms with E-state index in [0.29, 0.717) is 10.7 Å². The first-order chi connectivity index (χ1) is 14.3. The fourth-order valence-electron chi connectivity index (χ4n) is 3.34. The zero-order valence-electron chi connectivity index (χ0n) is 15.9. The molecule has 2 heterocycles. The van der Waals surface area contributed by atoms with Gasteiger partial charge in [0.05, 0.1) is 5.69 Å². The molecule has 1 fully saturated rings. The summed E-state index contributed by atoms with van der Waals surface area (Å²) in [6.07, 6.45) is 0. The molecule has 2 unspecified atom stereocenters. The monoisotopic (exact) mass is 429 g/mol. The maximum absolute atomic E-state index is 13.0. The lowest BCUT2D eigenvalue weighted by Crippen LogP contribution is -2.44. The molecular formula is C20H17ClFN5O3. The Morgan fingerprint density at radius 1 is 1.17 bits per heavy atom. The molecule has 0 saturated carbocycles. The third-order valence-electron chi connectivity index (χ3n) is 4.98. The van der Waals surface area contributed by atoms with E-state index in [1.165, 1.54) is 17.1 Å². The van der Waals surface area contributed by atoms with Gasteiger partial charge in [-0.1, -0.05) is 35.0 Å². The molecule has 30 heavy (non-hydrogen) atoms. The maximum Gasteiger partial charge on any atom is 0.263 e. The summed E-state index contributed by atoms with van der Waals surface area (Å²) in [5.74, 6) is -1.79. The number of benzene rings is 2. The van der Waals surface area contributed by atoms with E-state index in [9.17, 15) is 18.8 Å². The molecule has 2 aliphatic heterocycles. The van der Waals surface area contributed by atoms with Crippen molar-refractivity contribution in [3.05, 3.63) is 64.4 Å². The minimum atomic E-state index is -0.998. The smallest absolute Gasteiger partial charge is 0.263 e. The molecule has 0 spiro atoms. The highest BCUT2D eigenvalue weighted by Crippen LogP contribution is 2.33. The second kappa shape index (κ2) is 7.83. The van der Waals surface area contributed by atoms with Crippen LogP contribution in [-0.4, -0.2) is 41.4 Å². The number of carbonyl (C=O) groups is 3. The number of rotatable bonds is 5. The molecule has 0 aromatic heterocycles. The van der Waals surface area contributed by atoms with E-state index in [0.717, 1.165) is 16.0 Å². The largest absolute Gasteiger partial charge is 0.350 e. The topological polar surface area (TPSA) is 94.4 Å². The van der Waals surface area contributed by atoms with Crippen LogP contribution in [-0.2, 0) is 20.9 Å². The third-order valence-corrected chi connectivity index (χ3v) is 5.39. The van der Waals surface area contributed by atoms with Gasteiger partial charge >= 0.3 is 0 Å². The van der Waals surface area contributed by atoms with Crippen molar-refractivity contribution < 1.29 is 18.8 Å². The molecule has 2 aromatic carbocycles. The minimum Gasteiger partial charge on any atom is -0.350 e. The highest BCUT2D eigenvalue weighted by atomic mass is 35.5. The van der Waals surface area contributed by atoms with Crippen LogP contribution < -0.4 is 10.2 Å². The second-order valence-electron chi connectivity index (χ2n) is 7.04. The molecule has 8 nitrogen and oxygen atoms in total. The van der Waals surface area contributed by atoms with Crippen LogP contribution in [0.15, 0.2) is 52.8 Å². The van der Waals surface area contributed by atoms with E-state index in [2.05, 4.69) is 15.7 Å². The SMILES string of the molecule is Cc1ccc(N2C(=O)C3N=NN(CC(=O)NCc4ccc(F)cc4)C3C2=O)cc1Cl. The Hall–Kier alpha value is -3.33. The van der Waals surface area contributed by atoms with Gasteiger partial charge in [-0.3, -0.25) is 19.4 Å². The summed E-state index contributed by atoms with van der Waals surface area (Å²) >= 11 is 6.12. The predicted molar refractivity (Wildman–Crippen MR) is 106 cm³/mol. The van der Waals surface area contributed by atoms with Crippen molar-refractivity contribution in [2.75, 3.05) is 11.4 Å². The van der Waals surface area contributed by atoms with Crippen molar-refractivity contribution in [1.82, 2.24) is 10.3 Å². The molecule has 4 rings (SSSR count). The number of hydrogen-bond donors (Lipinski definition) is 1. The molecule has 3 amide bonds. The molecule has 0 bridgehead atoms. The number of anilines is 1. The summed E-state index contributed by atoms with van der Waals surface area (Å²) in [4.78, 5) is 39.0. The van der Waals surface area contributed by atoms with Crippen LogP contribution in [0.1, 0.15) is 11.1 Å². The van der Waals surface area contributed by atoms with E-state index in [1.807, 2.05) is 6.92 Å². The Bertz CT molecular complexity index is 1060. The van der Waals surface area contributed by atoms with Crippen molar-refractivity contribution in [2.45, 2.75) is 25.6 Å². The molecule has 2 atom stereocenters. The predicted octanol–water partition coefficient (Wildman–Crippen LogP) is 2.40. The number of amides is 3. The Balaban J connectivity index is 1.43. The van der Waals surface area contributed by atoms with Gasteiger partial charge < -0.3 is 5.32 Å². The Labute approximate surface area is 176 Å². The van der Waals surface area contributed by atoms with Gasteiger partial charge in [-0.15, -0.1) is 0 Å². The quantitative estimate of drug-likeness (QED) is 0.738. The van der Waals surface area contributed by atoms with Crippen molar-refractivity contribution in [3.8, 4) is 0 Å². The molecule has 2 aliphatic rings. The van der Waals surface area contributed by atoms with Crippen molar-refractivity contribution in [3.63, 3.8) is 0 Å². The zero-order valence-corrected chi connectivity index (χ0v) is 16.6. The van der Waals surface area contributed by atoms with Gasteiger partial charge in [0.1, 0.15) is 12.4 Å². The molecule has 10 heteroatoms. The van der Waals surface area contributed by atoms with Gasteiger partial charge in [-0.2, -0.15) is 5.11 Å². The Kier molecular flexibility index (Phi) is 5.21. The summed E-state index contributed by atoms with van der Waals surface area (Å²) in [5.41, 5.74) is 1.89. The van der Waals surface area contributed by atoms with Crippen LogP contribution in [0.2, 0.25) is 5.02 Å². The second-order valence-corrected chi connectivity index (χ2v) is 7.45. The highest BCUT2D eigenvalue weighted by Gasteiger charge is 2.55. The number of nitrogens with zero attached hydrogens (tertiary/aromatic N) is 4. The van der Waals surface area contributed by atoms with Gasteiger partial charge in [0.25, 0.3) is 11.8 Å². The number of hydrogen-bond acceptors (Lipinski definition) is 6. The van der Waals surface area contributed by atoms with Gasteiger partial charge in [0.15, 0.2) is 12.1 Å². The molecule has 154 valence electrons. The summed E-state index contributed by atoms with van der Waals surface area (Å²) < 4.78 is 13.0. The average Bonchev–Trinajstić information content (AvgIpc) is 3.23. The molecule has 0 radical (unpaired) electrons. The van der Waals surface area contributed by atoms with Crippen molar-refractivity contribution >= 4 is 35.0 Å². The third kappa shape index (κ3) is 3.63. The lowest BCUT2D eigenvalue weighted by atomic mass is 10.1. The van der Waals surface area contributed by atoms with E-state index < -0.39 is 29.8 Å². The summed E-state index contributed by atoms with van der Waals surface area (Å²) in [5, 5.41) is 12.1. The van der Waals surface area contributed by atoms with Crippen LogP contribution in [0.3, 0.4) is 0 Å². The lowest BCUT2D eigenvalue weighted by Gasteiger charge is -2.20. The van der Waals surface area contributed by atoms with Gasteiger partial charge in [-0.05, 0) is 42.3 Å². The first-order valence-corrected chi connectivity index (χ1v) is 9.55. The van der Waals surface area contributed by atoms with E-state index >= 15 is 0 Å². The normalized spacial score (nSPS) is 20.1. The number of fused-ring (bicyclic) bond motifs is 1. The van der Waals surface area contributed by atoms with Crippen LogP contribution in [0.25, 0.3) is 0 Å². The fourth-order valence-corrected chi connectivity index (χ4v) is 3.51. The minimum absolute atomic E-state index is 0.194. The number of halogens is 2. The van der Waals surface area contributed by atoms with E-state index in [-0.39, 0.29) is 18.9 Å². The highest BCUT2D eigenvalue weighted by molar-refractivity contribution is 6.32. The van der Waals surface area contributed by atoms with Crippen LogP contribution in [0.4, 0.5) is 10.1 Å². The number of aryl methyl sites for hydroxylation is 1. The van der Waals surface area contributed by atoms with Crippen LogP contribution in [0, 0.1) is 12.7 Å². The van der Waals surface area contributed by atoms with Gasteiger partial charge in [-0.25, -0.2) is 9.29 Å².